The van der Waals surface area contributed by atoms with E-state index in [4.69, 9.17) is 4.52 Å². The second-order valence-electron chi connectivity index (χ2n) is 5.24. The number of aliphatic hydroxyl groups excluding tert-OH is 1. The van der Waals surface area contributed by atoms with Crippen LogP contribution in [0.4, 0.5) is 0 Å². The Morgan fingerprint density at radius 3 is 2.77 bits per heavy atom. The molecule has 0 aliphatic carbocycles. The Labute approximate surface area is 129 Å². The van der Waals surface area contributed by atoms with Crippen molar-refractivity contribution in [3.05, 3.63) is 71.1 Å². The molecule has 3 rings (SSSR count). The topological polar surface area (TPSA) is 64.1 Å². The zero-order valence-corrected chi connectivity index (χ0v) is 12.7. The number of aryl methyl sites for hydroxylation is 2. The van der Waals surface area contributed by atoms with Gasteiger partial charge in [0.25, 0.3) is 0 Å². The van der Waals surface area contributed by atoms with Crippen LogP contribution in [0.2, 0.25) is 0 Å². The van der Waals surface area contributed by atoms with E-state index in [1.807, 2.05) is 48.0 Å². The van der Waals surface area contributed by atoms with E-state index in [0.29, 0.717) is 12.4 Å². The molecular weight excluding hydrogens is 278 g/mol. The lowest BCUT2D eigenvalue weighted by Crippen LogP contribution is -2.11. The number of aromatic nitrogens is 3. The Morgan fingerprint density at radius 2 is 2.05 bits per heavy atom. The molecule has 2 heterocycles. The standard InChI is InChI=1S/C17H19N3O2/c1-3-15-14(12(2)22-19-15)11-20-10-9-18-17(20)16(21)13-7-5-4-6-8-13/h4-10,16,21H,3,11H2,1-2H3. The number of nitrogens with zero attached hydrogens (tertiary/aromatic N) is 3. The largest absolute Gasteiger partial charge is 0.380 e. The van der Waals surface area contributed by atoms with Gasteiger partial charge in [0.2, 0.25) is 0 Å². The summed E-state index contributed by atoms with van der Waals surface area (Å²) in [6.45, 7) is 4.55. The first kappa shape index (κ1) is 14.5. The average Bonchev–Trinajstić information content (AvgIpc) is 3.15. The molecule has 1 aromatic carbocycles. The Bertz CT molecular complexity index is 746. The third-order valence-corrected chi connectivity index (χ3v) is 3.84. The number of hydrogen-bond donors (Lipinski definition) is 1. The Kier molecular flexibility index (Phi) is 4.06. The fraction of sp³-hybridized carbons (Fsp3) is 0.294. The third-order valence-electron chi connectivity index (χ3n) is 3.84. The van der Waals surface area contributed by atoms with Crippen molar-refractivity contribution in [3.8, 4) is 0 Å². The molecule has 0 saturated carbocycles. The summed E-state index contributed by atoms with van der Waals surface area (Å²) in [5, 5.41) is 14.6. The van der Waals surface area contributed by atoms with Gasteiger partial charge in [-0.1, -0.05) is 42.4 Å². The van der Waals surface area contributed by atoms with Crippen molar-refractivity contribution >= 4 is 0 Å². The van der Waals surface area contributed by atoms with Crippen molar-refractivity contribution in [1.29, 1.82) is 0 Å². The van der Waals surface area contributed by atoms with Gasteiger partial charge in [0.1, 0.15) is 17.7 Å². The zero-order chi connectivity index (χ0) is 15.5. The highest BCUT2D eigenvalue weighted by Gasteiger charge is 2.18. The van der Waals surface area contributed by atoms with Crippen molar-refractivity contribution < 1.29 is 9.63 Å². The molecule has 5 nitrogen and oxygen atoms in total. The highest BCUT2D eigenvalue weighted by molar-refractivity contribution is 5.26. The molecule has 0 bridgehead atoms. The molecule has 1 atom stereocenters. The van der Waals surface area contributed by atoms with Gasteiger partial charge in [-0.25, -0.2) is 4.98 Å². The quantitative estimate of drug-likeness (QED) is 0.786. The van der Waals surface area contributed by atoms with E-state index < -0.39 is 6.10 Å². The molecule has 5 heteroatoms. The number of hydrogen-bond acceptors (Lipinski definition) is 4. The van der Waals surface area contributed by atoms with Crippen LogP contribution >= 0.6 is 0 Å². The van der Waals surface area contributed by atoms with Crippen molar-refractivity contribution in [2.45, 2.75) is 32.9 Å². The fourth-order valence-corrected chi connectivity index (χ4v) is 2.57. The predicted molar refractivity (Wildman–Crippen MR) is 82.5 cm³/mol. The number of rotatable bonds is 5. The Hall–Kier alpha value is -2.40. The van der Waals surface area contributed by atoms with Gasteiger partial charge in [0.05, 0.1) is 12.2 Å². The highest BCUT2D eigenvalue weighted by atomic mass is 16.5. The second-order valence-corrected chi connectivity index (χ2v) is 5.24. The minimum absolute atomic E-state index is 0.595. The summed E-state index contributed by atoms with van der Waals surface area (Å²) >= 11 is 0. The van der Waals surface area contributed by atoms with Crippen molar-refractivity contribution in [2.75, 3.05) is 0 Å². The normalized spacial score (nSPS) is 12.5. The summed E-state index contributed by atoms with van der Waals surface area (Å²) < 4.78 is 7.21. The minimum Gasteiger partial charge on any atom is -0.380 e. The van der Waals surface area contributed by atoms with Crippen molar-refractivity contribution in [2.24, 2.45) is 0 Å². The zero-order valence-electron chi connectivity index (χ0n) is 12.7. The molecule has 0 aliphatic rings. The minimum atomic E-state index is -0.749. The van der Waals surface area contributed by atoms with Crippen molar-refractivity contribution in [1.82, 2.24) is 14.7 Å². The first-order valence-electron chi connectivity index (χ1n) is 7.38. The van der Waals surface area contributed by atoms with Gasteiger partial charge in [-0.15, -0.1) is 0 Å². The van der Waals surface area contributed by atoms with E-state index in [9.17, 15) is 5.11 Å². The van der Waals surface area contributed by atoms with Crippen LogP contribution in [0.3, 0.4) is 0 Å². The van der Waals surface area contributed by atoms with Crippen LogP contribution in [-0.2, 0) is 13.0 Å². The van der Waals surface area contributed by atoms with E-state index in [0.717, 1.165) is 29.0 Å². The van der Waals surface area contributed by atoms with E-state index in [2.05, 4.69) is 17.1 Å². The van der Waals surface area contributed by atoms with E-state index in [1.165, 1.54) is 0 Å². The van der Waals surface area contributed by atoms with Crippen LogP contribution in [0.1, 0.15) is 41.4 Å². The van der Waals surface area contributed by atoms with Crippen molar-refractivity contribution in [3.63, 3.8) is 0 Å². The lowest BCUT2D eigenvalue weighted by molar-refractivity contribution is 0.205. The van der Waals surface area contributed by atoms with Gasteiger partial charge in [-0.3, -0.25) is 0 Å². The molecule has 22 heavy (non-hydrogen) atoms. The van der Waals surface area contributed by atoms with E-state index in [-0.39, 0.29) is 0 Å². The van der Waals surface area contributed by atoms with Gasteiger partial charge in [0, 0.05) is 18.0 Å². The van der Waals surface area contributed by atoms with Gasteiger partial charge in [0.15, 0.2) is 0 Å². The molecule has 0 spiro atoms. The number of imidazole rings is 1. The summed E-state index contributed by atoms with van der Waals surface area (Å²) in [7, 11) is 0. The summed E-state index contributed by atoms with van der Waals surface area (Å²) in [5.74, 6) is 1.43. The molecule has 0 radical (unpaired) electrons. The lowest BCUT2D eigenvalue weighted by atomic mass is 10.1. The van der Waals surface area contributed by atoms with Crippen LogP contribution < -0.4 is 0 Å². The van der Waals surface area contributed by atoms with Crippen LogP contribution in [0.5, 0.6) is 0 Å². The maximum atomic E-state index is 10.6. The second kappa shape index (κ2) is 6.15. The Morgan fingerprint density at radius 1 is 1.27 bits per heavy atom. The SMILES string of the molecule is CCc1noc(C)c1Cn1ccnc1C(O)c1ccccc1. The summed E-state index contributed by atoms with van der Waals surface area (Å²) in [6, 6.07) is 9.53. The van der Waals surface area contributed by atoms with Crippen LogP contribution in [0.15, 0.2) is 47.2 Å². The fourth-order valence-electron chi connectivity index (χ4n) is 2.57. The predicted octanol–water partition coefficient (Wildman–Crippen LogP) is 2.87. The molecule has 0 amide bonds. The molecular formula is C17H19N3O2. The molecule has 0 aliphatic heterocycles. The van der Waals surface area contributed by atoms with Crippen LogP contribution in [-0.4, -0.2) is 19.8 Å². The average molecular weight is 297 g/mol. The summed E-state index contributed by atoms with van der Waals surface area (Å²) in [6.07, 6.45) is 3.64. The lowest BCUT2D eigenvalue weighted by Gasteiger charge is -2.13. The monoisotopic (exact) mass is 297 g/mol. The van der Waals surface area contributed by atoms with E-state index >= 15 is 0 Å². The molecule has 2 aromatic heterocycles. The summed E-state index contributed by atoms with van der Waals surface area (Å²) in [4.78, 5) is 4.32. The highest BCUT2D eigenvalue weighted by Crippen LogP contribution is 2.22. The first-order chi connectivity index (χ1) is 10.7. The third kappa shape index (κ3) is 2.67. The van der Waals surface area contributed by atoms with Gasteiger partial charge in [-0.2, -0.15) is 0 Å². The van der Waals surface area contributed by atoms with Gasteiger partial charge >= 0.3 is 0 Å². The van der Waals surface area contributed by atoms with Crippen LogP contribution in [0.25, 0.3) is 0 Å². The maximum Gasteiger partial charge on any atom is 0.142 e. The summed E-state index contributed by atoms with van der Waals surface area (Å²) in [5.41, 5.74) is 2.83. The molecule has 0 fully saturated rings. The smallest absolute Gasteiger partial charge is 0.142 e. The number of benzene rings is 1. The molecule has 114 valence electrons. The molecule has 3 aromatic rings. The van der Waals surface area contributed by atoms with Crippen LogP contribution in [0, 0.1) is 6.92 Å². The maximum absolute atomic E-state index is 10.6. The Balaban J connectivity index is 1.91. The van der Waals surface area contributed by atoms with Gasteiger partial charge in [-0.05, 0) is 18.9 Å². The molecule has 1 N–H and O–H groups in total. The molecule has 0 saturated heterocycles. The van der Waals surface area contributed by atoms with E-state index in [1.54, 1.807) is 6.20 Å². The van der Waals surface area contributed by atoms with Gasteiger partial charge < -0.3 is 14.2 Å². The first-order valence-corrected chi connectivity index (χ1v) is 7.38. The number of aliphatic hydroxyl groups is 1. The molecule has 1 unspecified atom stereocenters.